The summed E-state index contributed by atoms with van der Waals surface area (Å²) in [7, 11) is 0. The zero-order valence-corrected chi connectivity index (χ0v) is 8.97. The summed E-state index contributed by atoms with van der Waals surface area (Å²) in [4.78, 5) is 0. The van der Waals surface area contributed by atoms with E-state index in [0.29, 0.717) is 0 Å². The molecule has 1 fully saturated rings. The number of nitrogens with one attached hydrogen (secondary N) is 1. The van der Waals surface area contributed by atoms with Crippen LogP contribution < -0.4 is 5.32 Å². The second-order valence-electron chi connectivity index (χ2n) is 4.67. The van der Waals surface area contributed by atoms with Gasteiger partial charge in [-0.2, -0.15) is 0 Å². The number of hydrogen-bond donors (Lipinski definition) is 2. The zero-order valence-electron chi connectivity index (χ0n) is 8.97. The maximum absolute atomic E-state index is 9.86. The Labute approximate surface area is 81.7 Å². The Hall–Kier alpha value is -0.0800. The lowest BCUT2D eigenvalue weighted by atomic mass is 9.85. The topological polar surface area (TPSA) is 32.3 Å². The molecule has 0 radical (unpaired) electrons. The molecule has 0 saturated heterocycles. The molecule has 1 rings (SSSR count). The van der Waals surface area contributed by atoms with E-state index in [0.717, 1.165) is 31.8 Å². The fourth-order valence-corrected chi connectivity index (χ4v) is 1.87. The average molecular weight is 185 g/mol. The van der Waals surface area contributed by atoms with Gasteiger partial charge in [0.25, 0.3) is 0 Å². The fraction of sp³-hybridized carbons (Fsp3) is 1.00. The summed E-state index contributed by atoms with van der Waals surface area (Å²) in [5, 5.41) is 13.2. The summed E-state index contributed by atoms with van der Waals surface area (Å²) in [6.07, 6.45) is 6.10. The van der Waals surface area contributed by atoms with Crippen LogP contribution in [0, 0.1) is 5.92 Å². The minimum atomic E-state index is -0.501. The van der Waals surface area contributed by atoms with Crippen molar-refractivity contribution >= 4 is 0 Å². The molecule has 0 aromatic heterocycles. The van der Waals surface area contributed by atoms with Crippen molar-refractivity contribution in [3.8, 4) is 0 Å². The molecule has 1 aliphatic carbocycles. The van der Waals surface area contributed by atoms with Gasteiger partial charge in [0, 0.05) is 6.54 Å². The molecule has 0 spiro atoms. The normalized spacial score (nSPS) is 22.4. The standard InChI is InChI=1S/C11H23NO/c1-3-7-11(2,13)9-12-8-10-5-4-6-10/h10,12-13H,3-9H2,1-2H3. The summed E-state index contributed by atoms with van der Waals surface area (Å²) in [6.45, 7) is 5.88. The molecular weight excluding hydrogens is 162 g/mol. The molecule has 0 aromatic rings. The second kappa shape index (κ2) is 4.97. The van der Waals surface area contributed by atoms with E-state index in [-0.39, 0.29) is 0 Å². The minimum absolute atomic E-state index is 0.501. The molecule has 2 heteroatoms. The first-order valence-electron chi connectivity index (χ1n) is 5.57. The lowest BCUT2D eigenvalue weighted by Gasteiger charge is -2.28. The quantitative estimate of drug-likeness (QED) is 0.662. The van der Waals surface area contributed by atoms with Crippen LogP contribution in [0.4, 0.5) is 0 Å². The monoisotopic (exact) mass is 185 g/mol. The van der Waals surface area contributed by atoms with Crippen molar-refractivity contribution in [1.29, 1.82) is 0 Å². The molecular formula is C11H23NO. The Morgan fingerprint density at radius 3 is 2.62 bits per heavy atom. The van der Waals surface area contributed by atoms with Crippen molar-refractivity contribution in [2.75, 3.05) is 13.1 Å². The van der Waals surface area contributed by atoms with E-state index in [1.165, 1.54) is 19.3 Å². The van der Waals surface area contributed by atoms with E-state index in [9.17, 15) is 5.11 Å². The molecule has 13 heavy (non-hydrogen) atoms. The Morgan fingerprint density at radius 2 is 2.15 bits per heavy atom. The molecule has 0 amide bonds. The molecule has 0 bridgehead atoms. The van der Waals surface area contributed by atoms with Gasteiger partial charge in [0.2, 0.25) is 0 Å². The lowest BCUT2D eigenvalue weighted by molar-refractivity contribution is 0.0481. The van der Waals surface area contributed by atoms with Crippen molar-refractivity contribution in [2.45, 2.75) is 51.6 Å². The predicted molar refractivity (Wildman–Crippen MR) is 55.7 cm³/mol. The first-order chi connectivity index (χ1) is 6.14. The van der Waals surface area contributed by atoms with Gasteiger partial charge in [-0.25, -0.2) is 0 Å². The van der Waals surface area contributed by atoms with E-state index in [4.69, 9.17) is 0 Å². The first kappa shape index (κ1) is 11.0. The van der Waals surface area contributed by atoms with Gasteiger partial charge in [0.05, 0.1) is 5.60 Å². The van der Waals surface area contributed by atoms with Crippen molar-refractivity contribution in [2.24, 2.45) is 5.92 Å². The van der Waals surface area contributed by atoms with Crippen LogP contribution in [0.3, 0.4) is 0 Å². The van der Waals surface area contributed by atoms with Crippen molar-refractivity contribution < 1.29 is 5.11 Å². The summed E-state index contributed by atoms with van der Waals surface area (Å²) in [6, 6.07) is 0. The van der Waals surface area contributed by atoms with Gasteiger partial charge in [0.1, 0.15) is 0 Å². The Morgan fingerprint density at radius 1 is 1.46 bits per heavy atom. The van der Waals surface area contributed by atoms with E-state index < -0.39 is 5.60 Å². The van der Waals surface area contributed by atoms with E-state index in [1.54, 1.807) is 0 Å². The number of hydrogen-bond acceptors (Lipinski definition) is 2. The van der Waals surface area contributed by atoms with E-state index >= 15 is 0 Å². The van der Waals surface area contributed by atoms with E-state index in [2.05, 4.69) is 12.2 Å². The molecule has 2 nitrogen and oxygen atoms in total. The molecule has 1 aliphatic rings. The molecule has 0 heterocycles. The van der Waals surface area contributed by atoms with Crippen LogP contribution >= 0.6 is 0 Å². The van der Waals surface area contributed by atoms with Crippen LogP contribution in [0.5, 0.6) is 0 Å². The van der Waals surface area contributed by atoms with Crippen LogP contribution in [-0.2, 0) is 0 Å². The van der Waals surface area contributed by atoms with Crippen LogP contribution in [0.15, 0.2) is 0 Å². The second-order valence-corrected chi connectivity index (χ2v) is 4.67. The maximum Gasteiger partial charge on any atom is 0.0743 e. The summed E-state index contributed by atoms with van der Waals surface area (Å²) in [5.41, 5.74) is -0.501. The maximum atomic E-state index is 9.86. The third kappa shape index (κ3) is 4.10. The fourth-order valence-electron chi connectivity index (χ4n) is 1.87. The van der Waals surface area contributed by atoms with Crippen molar-refractivity contribution in [3.63, 3.8) is 0 Å². The van der Waals surface area contributed by atoms with Gasteiger partial charge in [-0.3, -0.25) is 0 Å². The third-order valence-electron chi connectivity index (χ3n) is 2.95. The molecule has 78 valence electrons. The summed E-state index contributed by atoms with van der Waals surface area (Å²) < 4.78 is 0. The van der Waals surface area contributed by atoms with Crippen LogP contribution in [0.2, 0.25) is 0 Å². The zero-order chi connectivity index (χ0) is 9.73. The molecule has 2 N–H and O–H groups in total. The van der Waals surface area contributed by atoms with Crippen LogP contribution in [0.25, 0.3) is 0 Å². The van der Waals surface area contributed by atoms with Gasteiger partial charge in [-0.05, 0) is 38.6 Å². The molecule has 0 aliphatic heterocycles. The highest BCUT2D eigenvalue weighted by Gasteiger charge is 2.21. The molecule has 0 aromatic carbocycles. The minimum Gasteiger partial charge on any atom is -0.389 e. The Balaban J connectivity index is 2.02. The highest BCUT2D eigenvalue weighted by Crippen LogP contribution is 2.25. The largest absolute Gasteiger partial charge is 0.389 e. The van der Waals surface area contributed by atoms with Crippen LogP contribution in [0.1, 0.15) is 46.0 Å². The lowest BCUT2D eigenvalue weighted by Crippen LogP contribution is -2.40. The van der Waals surface area contributed by atoms with Gasteiger partial charge in [-0.15, -0.1) is 0 Å². The van der Waals surface area contributed by atoms with Gasteiger partial charge in [-0.1, -0.05) is 19.8 Å². The first-order valence-corrected chi connectivity index (χ1v) is 5.57. The van der Waals surface area contributed by atoms with Crippen LogP contribution in [-0.4, -0.2) is 23.8 Å². The predicted octanol–water partition coefficient (Wildman–Crippen LogP) is 1.93. The van der Waals surface area contributed by atoms with Gasteiger partial charge in [0.15, 0.2) is 0 Å². The number of aliphatic hydroxyl groups is 1. The third-order valence-corrected chi connectivity index (χ3v) is 2.95. The highest BCUT2D eigenvalue weighted by molar-refractivity contribution is 4.77. The SMILES string of the molecule is CCCC(C)(O)CNCC1CCC1. The van der Waals surface area contributed by atoms with E-state index in [1.807, 2.05) is 6.92 Å². The average Bonchev–Trinajstić information content (AvgIpc) is 1.94. The Kier molecular flexibility index (Phi) is 4.20. The molecule has 1 unspecified atom stereocenters. The summed E-state index contributed by atoms with van der Waals surface area (Å²) >= 11 is 0. The smallest absolute Gasteiger partial charge is 0.0743 e. The number of rotatable bonds is 6. The molecule has 1 atom stereocenters. The summed E-state index contributed by atoms with van der Waals surface area (Å²) in [5.74, 6) is 0.887. The van der Waals surface area contributed by atoms with Gasteiger partial charge >= 0.3 is 0 Å². The van der Waals surface area contributed by atoms with Crippen molar-refractivity contribution in [3.05, 3.63) is 0 Å². The highest BCUT2D eigenvalue weighted by atomic mass is 16.3. The van der Waals surface area contributed by atoms with Gasteiger partial charge < -0.3 is 10.4 Å². The van der Waals surface area contributed by atoms with Crippen molar-refractivity contribution in [1.82, 2.24) is 5.32 Å². The Bertz CT molecular complexity index is 141. The molecule has 1 saturated carbocycles.